The van der Waals surface area contributed by atoms with E-state index in [1.807, 2.05) is 6.92 Å². The van der Waals surface area contributed by atoms with Gasteiger partial charge < -0.3 is 25.2 Å². The highest BCUT2D eigenvalue weighted by Gasteiger charge is 2.49. The summed E-state index contributed by atoms with van der Waals surface area (Å²) < 4.78 is 5.92. The number of nitrogens with one attached hydrogen (secondary N) is 1. The number of ether oxygens (including phenoxy) is 1. The van der Waals surface area contributed by atoms with Crippen LogP contribution in [-0.2, 0) is 25.5 Å². The van der Waals surface area contributed by atoms with Crippen molar-refractivity contribution in [2.24, 2.45) is 21.9 Å². The molecular formula is C32H43N3O7S. The van der Waals surface area contributed by atoms with E-state index in [2.05, 4.69) is 38.2 Å². The Morgan fingerprint density at radius 3 is 2.53 bits per heavy atom. The third-order valence-electron chi connectivity index (χ3n) is 9.86. The van der Waals surface area contributed by atoms with Gasteiger partial charge in [0.15, 0.2) is 0 Å². The van der Waals surface area contributed by atoms with Crippen LogP contribution in [0.3, 0.4) is 0 Å². The van der Waals surface area contributed by atoms with Crippen molar-refractivity contribution >= 4 is 34.8 Å². The van der Waals surface area contributed by atoms with Crippen LogP contribution in [0, 0.1) is 21.7 Å². The number of aliphatic hydroxyl groups is 1. The number of esters is 1. The maximum absolute atomic E-state index is 13.9. The molecule has 1 aliphatic carbocycles. The Hall–Kier alpha value is -3.31. The average molecular weight is 614 g/mol. The number of carbonyl (C=O) groups excluding carboxylic acids is 3. The lowest BCUT2D eigenvalue weighted by Crippen LogP contribution is -2.49. The topological polar surface area (TPSA) is 146 Å². The third-order valence-corrected chi connectivity index (χ3v) is 10.8. The van der Waals surface area contributed by atoms with E-state index >= 15 is 0 Å². The van der Waals surface area contributed by atoms with Gasteiger partial charge >= 0.3 is 5.97 Å². The molecule has 0 spiro atoms. The average Bonchev–Trinajstić information content (AvgIpc) is 3.69. The van der Waals surface area contributed by atoms with Crippen molar-refractivity contribution in [3.63, 3.8) is 0 Å². The van der Waals surface area contributed by atoms with Crippen molar-refractivity contribution in [1.82, 2.24) is 10.2 Å². The van der Waals surface area contributed by atoms with Crippen molar-refractivity contribution in [2.75, 3.05) is 6.54 Å². The van der Waals surface area contributed by atoms with Gasteiger partial charge in [-0.25, -0.2) is 4.79 Å². The van der Waals surface area contributed by atoms with Crippen LogP contribution < -0.4 is 5.32 Å². The Kier molecular flexibility index (Phi) is 9.96. The second kappa shape index (κ2) is 13.1. The molecule has 234 valence electrons. The zero-order chi connectivity index (χ0) is 31.5. The molecule has 11 heteroatoms. The van der Waals surface area contributed by atoms with Crippen molar-refractivity contribution < 1.29 is 29.3 Å². The number of carbonyl (C=O) groups is 3. The van der Waals surface area contributed by atoms with Crippen molar-refractivity contribution in [3.05, 3.63) is 51.1 Å². The molecule has 0 bridgehead atoms. The van der Waals surface area contributed by atoms with Gasteiger partial charge in [-0.3, -0.25) is 9.59 Å². The zero-order valence-corrected chi connectivity index (χ0v) is 26.4. The van der Waals surface area contributed by atoms with Crippen LogP contribution in [-0.4, -0.2) is 57.7 Å². The Balaban J connectivity index is 1.41. The molecule has 1 saturated heterocycles. The number of nitroso groups, excluding NO2 is 1. The fourth-order valence-electron chi connectivity index (χ4n) is 6.39. The third kappa shape index (κ3) is 7.09. The fraction of sp³-hybridized carbons (Fsp3) is 0.594. The Morgan fingerprint density at radius 2 is 1.93 bits per heavy atom. The molecule has 5 atom stereocenters. The predicted octanol–water partition coefficient (Wildman–Crippen LogP) is 5.39. The first kappa shape index (κ1) is 32.6. The van der Waals surface area contributed by atoms with E-state index in [4.69, 9.17) is 4.74 Å². The molecule has 1 saturated carbocycles. The van der Waals surface area contributed by atoms with Gasteiger partial charge in [-0.05, 0) is 90.1 Å². The van der Waals surface area contributed by atoms with Gasteiger partial charge in [0.25, 0.3) is 5.91 Å². The summed E-state index contributed by atoms with van der Waals surface area (Å²) in [6, 6.07) is 5.67. The maximum Gasteiger partial charge on any atom is 0.329 e. The smallest absolute Gasteiger partial charge is 0.329 e. The van der Waals surface area contributed by atoms with Gasteiger partial charge in [0, 0.05) is 17.8 Å². The lowest BCUT2D eigenvalue weighted by atomic mass is 9.66. The first-order chi connectivity index (χ1) is 20.2. The Bertz CT molecular complexity index is 1330. The number of likely N-dealkylation sites (tertiary alicyclic amines) is 1. The van der Waals surface area contributed by atoms with Crippen LogP contribution in [0.1, 0.15) is 83.2 Å². The molecule has 4 rings (SSSR count). The van der Waals surface area contributed by atoms with E-state index in [9.17, 15) is 29.5 Å². The number of hydrogen-bond donors (Lipinski definition) is 3. The number of benzene rings is 1. The first-order valence-corrected chi connectivity index (χ1v) is 15.8. The van der Waals surface area contributed by atoms with E-state index in [1.165, 1.54) is 34.4 Å². The van der Waals surface area contributed by atoms with Crippen molar-refractivity contribution in [3.8, 4) is 5.75 Å². The van der Waals surface area contributed by atoms with Gasteiger partial charge in [-0.15, -0.1) is 16.2 Å². The van der Waals surface area contributed by atoms with Gasteiger partial charge in [-0.1, -0.05) is 39.8 Å². The highest BCUT2D eigenvalue weighted by Crippen LogP contribution is 2.57. The largest absolute Gasteiger partial charge is 0.506 e. The number of phenols is 1. The molecule has 1 aromatic carbocycles. The zero-order valence-electron chi connectivity index (χ0n) is 25.5. The molecule has 1 aromatic heterocycles. The predicted molar refractivity (Wildman–Crippen MR) is 164 cm³/mol. The maximum atomic E-state index is 13.9. The monoisotopic (exact) mass is 613 g/mol. The minimum absolute atomic E-state index is 0.121. The summed E-state index contributed by atoms with van der Waals surface area (Å²) >= 11 is 1.29. The molecule has 2 aliphatic rings. The van der Waals surface area contributed by atoms with E-state index < -0.39 is 36.0 Å². The number of phenolic OH excluding ortho intramolecular Hbond substituents is 1. The Morgan fingerprint density at radius 1 is 1.19 bits per heavy atom. The Labute approximate surface area is 256 Å². The minimum atomic E-state index is -1.53. The molecule has 5 unspecified atom stereocenters. The van der Waals surface area contributed by atoms with Crippen LogP contribution in [0.25, 0.3) is 0 Å². The fourth-order valence-corrected chi connectivity index (χ4v) is 7.16. The number of hydrogen-bond acceptors (Lipinski definition) is 9. The first-order valence-electron chi connectivity index (χ1n) is 14.9. The summed E-state index contributed by atoms with van der Waals surface area (Å²) in [4.78, 5) is 53.1. The summed E-state index contributed by atoms with van der Waals surface area (Å²) in [5, 5.41) is 27.7. The summed E-state index contributed by atoms with van der Waals surface area (Å²) in [7, 11) is 0. The normalized spacial score (nSPS) is 22.9. The molecule has 0 radical (unpaired) electrons. The van der Waals surface area contributed by atoms with Gasteiger partial charge in [0.05, 0.1) is 6.10 Å². The second-order valence-corrected chi connectivity index (χ2v) is 14.1. The number of aromatic hydroxyl groups is 1. The SMILES string of the molecule is CC(CC1CCC(C)(C)C1(C)C)OC(=O)C1CCCN1C(=O)C(NC(=O)C(O)Cc1ccc(N=O)c(O)c1)c1cccs1. The molecule has 2 amide bonds. The van der Waals surface area contributed by atoms with Crippen LogP contribution in [0.4, 0.5) is 5.69 Å². The van der Waals surface area contributed by atoms with Gasteiger partial charge in [-0.2, -0.15) is 0 Å². The van der Waals surface area contributed by atoms with Crippen LogP contribution in [0.2, 0.25) is 0 Å². The lowest BCUT2D eigenvalue weighted by Gasteiger charge is -2.40. The molecule has 3 N–H and O–H groups in total. The summed E-state index contributed by atoms with van der Waals surface area (Å²) in [5.41, 5.74) is 0.597. The van der Waals surface area contributed by atoms with Crippen LogP contribution >= 0.6 is 11.3 Å². The van der Waals surface area contributed by atoms with Crippen molar-refractivity contribution in [2.45, 2.75) is 97.4 Å². The molecule has 10 nitrogen and oxygen atoms in total. The summed E-state index contributed by atoms with van der Waals surface area (Å²) in [5.74, 6) is -1.58. The van der Waals surface area contributed by atoms with E-state index in [1.54, 1.807) is 17.5 Å². The minimum Gasteiger partial charge on any atom is -0.506 e. The van der Waals surface area contributed by atoms with E-state index in [0.29, 0.717) is 35.7 Å². The standard InChI is InChI=1S/C32H43N3O7S/c1-19(16-21-12-13-31(2,3)32(21,4)5)42-30(40)23-8-6-14-35(23)29(39)27(26-9-7-15-43-26)33-28(38)25(37)18-20-10-11-22(34-41)24(36)17-20/h7,9-11,15,17,19,21,23,25,27,36-37H,6,8,12-14,16,18H2,1-5H3,(H,33,38). The summed E-state index contributed by atoms with van der Waals surface area (Å²) in [6.07, 6.45) is 2.11. The lowest BCUT2D eigenvalue weighted by molar-refractivity contribution is -0.159. The number of aliphatic hydroxyl groups excluding tert-OH is 1. The van der Waals surface area contributed by atoms with Gasteiger partial charge in [0.2, 0.25) is 5.91 Å². The molecule has 1 aliphatic heterocycles. The number of nitrogens with zero attached hydrogens (tertiary/aromatic N) is 2. The molecule has 2 fully saturated rings. The highest BCUT2D eigenvalue weighted by molar-refractivity contribution is 7.10. The van der Waals surface area contributed by atoms with Gasteiger partial charge in [0.1, 0.15) is 29.6 Å². The number of thiophene rings is 1. The van der Waals surface area contributed by atoms with E-state index in [-0.39, 0.29) is 34.8 Å². The second-order valence-electron chi connectivity index (χ2n) is 13.1. The summed E-state index contributed by atoms with van der Waals surface area (Å²) in [6.45, 7) is 11.4. The molecular weight excluding hydrogens is 570 g/mol. The van der Waals surface area contributed by atoms with Crippen LogP contribution in [0.5, 0.6) is 5.75 Å². The number of amides is 2. The molecule has 43 heavy (non-hydrogen) atoms. The quantitative estimate of drug-likeness (QED) is 0.228. The van der Waals surface area contributed by atoms with Crippen molar-refractivity contribution in [1.29, 1.82) is 0 Å². The molecule has 2 heterocycles. The van der Waals surface area contributed by atoms with E-state index in [0.717, 1.165) is 19.3 Å². The number of rotatable bonds is 11. The molecule has 2 aromatic rings. The van der Waals surface area contributed by atoms with Crippen LogP contribution in [0.15, 0.2) is 40.9 Å². The highest BCUT2D eigenvalue weighted by atomic mass is 32.1.